The van der Waals surface area contributed by atoms with Crippen molar-refractivity contribution >= 4 is 0 Å². The lowest BCUT2D eigenvalue weighted by atomic mass is 9.88. The van der Waals surface area contributed by atoms with E-state index in [1.165, 1.54) is 83.7 Å². The van der Waals surface area contributed by atoms with E-state index in [0.717, 1.165) is 19.1 Å². The minimum atomic E-state index is 0.522. The zero-order valence-electron chi connectivity index (χ0n) is 15.2. The summed E-state index contributed by atoms with van der Waals surface area (Å²) >= 11 is 0. The lowest BCUT2D eigenvalue weighted by Crippen LogP contribution is -2.40. The first-order valence-corrected chi connectivity index (χ1v) is 10.3. The van der Waals surface area contributed by atoms with Gasteiger partial charge in [0.1, 0.15) is 0 Å². The summed E-state index contributed by atoms with van der Waals surface area (Å²) in [5, 5.41) is 0. The van der Waals surface area contributed by atoms with Crippen molar-refractivity contribution in [2.75, 3.05) is 26.2 Å². The number of ether oxygens (including phenoxy) is 2. The Labute approximate surface area is 143 Å². The lowest BCUT2D eigenvalue weighted by molar-refractivity contribution is -0.0619. The van der Waals surface area contributed by atoms with E-state index in [2.05, 4.69) is 11.8 Å². The maximum absolute atomic E-state index is 6.34. The van der Waals surface area contributed by atoms with Gasteiger partial charge in [-0.1, -0.05) is 39.0 Å². The van der Waals surface area contributed by atoms with Crippen LogP contribution in [0.25, 0.3) is 0 Å². The van der Waals surface area contributed by atoms with Gasteiger partial charge in [-0.3, -0.25) is 0 Å². The van der Waals surface area contributed by atoms with Crippen molar-refractivity contribution in [1.82, 2.24) is 4.90 Å². The van der Waals surface area contributed by atoms with Gasteiger partial charge in [0.15, 0.2) is 0 Å². The first-order valence-electron chi connectivity index (χ1n) is 10.3. The predicted molar refractivity (Wildman–Crippen MR) is 94.8 cm³/mol. The number of rotatable bonds is 6. The van der Waals surface area contributed by atoms with Gasteiger partial charge in [-0.25, -0.2) is 0 Å². The second-order valence-electron chi connectivity index (χ2n) is 8.11. The van der Waals surface area contributed by atoms with E-state index in [9.17, 15) is 0 Å². The fourth-order valence-electron chi connectivity index (χ4n) is 4.61. The standard InChI is InChI=1S/C20H37NO2/c1-17-7-5-6-10-20(17)22-16-15-21-13-11-19(12-14-21)23-18-8-3-2-4-9-18/h17-20H,2-16H2,1H3. The highest BCUT2D eigenvalue weighted by Crippen LogP contribution is 2.27. The molecule has 2 atom stereocenters. The minimum absolute atomic E-state index is 0.522. The molecule has 23 heavy (non-hydrogen) atoms. The van der Waals surface area contributed by atoms with Gasteiger partial charge in [0.05, 0.1) is 24.9 Å². The molecule has 1 saturated heterocycles. The monoisotopic (exact) mass is 323 g/mol. The van der Waals surface area contributed by atoms with Gasteiger partial charge in [-0.05, 0) is 44.4 Å². The van der Waals surface area contributed by atoms with Crippen LogP contribution in [-0.2, 0) is 9.47 Å². The first-order chi connectivity index (χ1) is 11.3. The third-order valence-corrected chi connectivity index (χ3v) is 6.24. The summed E-state index contributed by atoms with van der Waals surface area (Å²) in [6, 6.07) is 0. The van der Waals surface area contributed by atoms with Gasteiger partial charge < -0.3 is 14.4 Å². The predicted octanol–water partition coefficient (Wildman–Crippen LogP) is 4.40. The Hall–Kier alpha value is -0.120. The average Bonchev–Trinajstić information content (AvgIpc) is 2.59. The van der Waals surface area contributed by atoms with E-state index in [1.807, 2.05) is 0 Å². The highest BCUT2D eigenvalue weighted by Gasteiger charge is 2.25. The fourth-order valence-corrected chi connectivity index (χ4v) is 4.61. The SMILES string of the molecule is CC1CCCCC1OCCN1CCC(OC2CCCCC2)CC1. The molecule has 3 heteroatoms. The number of likely N-dealkylation sites (tertiary alicyclic amines) is 1. The van der Waals surface area contributed by atoms with Crippen molar-refractivity contribution in [1.29, 1.82) is 0 Å². The average molecular weight is 324 g/mol. The third-order valence-electron chi connectivity index (χ3n) is 6.24. The highest BCUT2D eigenvalue weighted by molar-refractivity contribution is 4.76. The van der Waals surface area contributed by atoms with Gasteiger partial charge >= 0.3 is 0 Å². The van der Waals surface area contributed by atoms with Crippen LogP contribution in [0.15, 0.2) is 0 Å². The van der Waals surface area contributed by atoms with E-state index >= 15 is 0 Å². The Kier molecular flexibility index (Phi) is 7.22. The smallest absolute Gasteiger partial charge is 0.0603 e. The molecule has 0 amide bonds. The van der Waals surface area contributed by atoms with Crippen LogP contribution < -0.4 is 0 Å². The van der Waals surface area contributed by atoms with Gasteiger partial charge in [-0.15, -0.1) is 0 Å². The van der Waals surface area contributed by atoms with Crippen molar-refractivity contribution in [2.24, 2.45) is 5.92 Å². The van der Waals surface area contributed by atoms with Gasteiger partial charge in [0.2, 0.25) is 0 Å². The molecule has 0 radical (unpaired) electrons. The summed E-state index contributed by atoms with van der Waals surface area (Å²) in [5.41, 5.74) is 0. The molecule has 0 aromatic carbocycles. The molecule has 3 rings (SSSR count). The van der Waals surface area contributed by atoms with Crippen LogP contribution in [0, 0.1) is 5.92 Å². The molecule has 0 spiro atoms. The van der Waals surface area contributed by atoms with Gasteiger partial charge in [-0.2, -0.15) is 0 Å². The van der Waals surface area contributed by atoms with Crippen LogP contribution in [0.3, 0.4) is 0 Å². The number of piperidine rings is 1. The third kappa shape index (κ3) is 5.72. The molecule has 0 aromatic rings. The minimum Gasteiger partial charge on any atom is -0.377 e. The molecular formula is C20H37NO2. The quantitative estimate of drug-likeness (QED) is 0.723. The highest BCUT2D eigenvalue weighted by atomic mass is 16.5. The van der Waals surface area contributed by atoms with Crippen molar-refractivity contribution in [3.8, 4) is 0 Å². The zero-order chi connectivity index (χ0) is 15.9. The zero-order valence-corrected chi connectivity index (χ0v) is 15.2. The molecule has 0 aromatic heterocycles. The lowest BCUT2D eigenvalue weighted by Gasteiger charge is -2.35. The second-order valence-corrected chi connectivity index (χ2v) is 8.11. The summed E-state index contributed by atoms with van der Waals surface area (Å²) < 4.78 is 12.5. The van der Waals surface area contributed by atoms with Crippen molar-refractivity contribution in [3.05, 3.63) is 0 Å². The Morgan fingerprint density at radius 1 is 0.783 bits per heavy atom. The molecule has 2 unspecified atom stereocenters. The second kappa shape index (κ2) is 9.39. The van der Waals surface area contributed by atoms with E-state index in [1.54, 1.807) is 0 Å². The number of hydrogen-bond donors (Lipinski definition) is 0. The molecule has 2 aliphatic carbocycles. The largest absolute Gasteiger partial charge is 0.377 e. The Bertz CT molecular complexity index is 322. The molecule has 2 saturated carbocycles. The van der Waals surface area contributed by atoms with E-state index in [4.69, 9.17) is 9.47 Å². The molecule has 3 fully saturated rings. The molecule has 3 aliphatic rings. The van der Waals surface area contributed by atoms with Gasteiger partial charge in [0.25, 0.3) is 0 Å². The van der Waals surface area contributed by atoms with E-state index in [-0.39, 0.29) is 0 Å². The number of nitrogens with zero attached hydrogens (tertiary/aromatic N) is 1. The summed E-state index contributed by atoms with van der Waals surface area (Å²) in [6.07, 6.45) is 16.2. The molecule has 0 N–H and O–H groups in total. The van der Waals surface area contributed by atoms with Crippen LogP contribution in [0.5, 0.6) is 0 Å². The van der Waals surface area contributed by atoms with Gasteiger partial charge in [0, 0.05) is 19.6 Å². The van der Waals surface area contributed by atoms with Crippen LogP contribution in [-0.4, -0.2) is 49.5 Å². The maximum atomic E-state index is 6.34. The van der Waals surface area contributed by atoms with Crippen molar-refractivity contribution in [3.63, 3.8) is 0 Å². The summed E-state index contributed by atoms with van der Waals surface area (Å²) in [5.74, 6) is 0.762. The first kappa shape index (κ1) is 17.7. The van der Waals surface area contributed by atoms with Crippen LogP contribution in [0.4, 0.5) is 0 Å². The van der Waals surface area contributed by atoms with Crippen LogP contribution in [0.2, 0.25) is 0 Å². The van der Waals surface area contributed by atoms with E-state index < -0.39 is 0 Å². The Morgan fingerprint density at radius 3 is 2.17 bits per heavy atom. The maximum Gasteiger partial charge on any atom is 0.0603 e. The summed E-state index contributed by atoms with van der Waals surface area (Å²) in [4.78, 5) is 2.58. The van der Waals surface area contributed by atoms with Crippen molar-refractivity contribution < 1.29 is 9.47 Å². The molecule has 0 bridgehead atoms. The van der Waals surface area contributed by atoms with Crippen LogP contribution >= 0.6 is 0 Å². The van der Waals surface area contributed by atoms with Crippen LogP contribution in [0.1, 0.15) is 77.6 Å². The number of hydrogen-bond acceptors (Lipinski definition) is 3. The molecule has 1 heterocycles. The Balaban J connectivity index is 1.27. The molecule has 3 nitrogen and oxygen atoms in total. The topological polar surface area (TPSA) is 21.7 Å². The molecular weight excluding hydrogens is 286 g/mol. The summed E-state index contributed by atoms with van der Waals surface area (Å²) in [6.45, 7) is 6.78. The Morgan fingerprint density at radius 2 is 1.43 bits per heavy atom. The molecule has 134 valence electrons. The summed E-state index contributed by atoms with van der Waals surface area (Å²) in [7, 11) is 0. The van der Waals surface area contributed by atoms with Crippen molar-refractivity contribution in [2.45, 2.75) is 95.9 Å². The fraction of sp³-hybridized carbons (Fsp3) is 1.00. The van der Waals surface area contributed by atoms with E-state index in [0.29, 0.717) is 18.3 Å². The normalized spacial score (nSPS) is 32.2. The molecule has 1 aliphatic heterocycles.